The summed E-state index contributed by atoms with van der Waals surface area (Å²) in [6, 6.07) is 17.7. The second kappa shape index (κ2) is 7.25. The number of anilines is 1. The molecule has 6 heteroatoms. The Labute approximate surface area is 151 Å². The van der Waals surface area contributed by atoms with E-state index in [1.54, 1.807) is 31.2 Å². The molecular weight excluding hydrogens is 356 g/mol. The molecule has 3 aromatic carbocycles. The third-order valence-corrected chi connectivity index (χ3v) is 5.96. The van der Waals surface area contributed by atoms with Crippen LogP contribution in [0.15, 0.2) is 77.7 Å². The van der Waals surface area contributed by atoms with Gasteiger partial charge in [0.15, 0.2) is 0 Å². The Morgan fingerprint density at radius 3 is 2.27 bits per heavy atom. The van der Waals surface area contributed by atoms with Crippen LogP contribution in [0.3, 0.4) is 0 Å². The molecule has 0 aliphatic carbocycles. The molecule has 0 heterocycles. The van der Waals surface area contributed by atoms with Crippen molar-refractivity contribution in [1.82, 2.24) is 0 Å². The summed E-state index contributed by atoms with van der Waals surface area (Å²) in [5, 5.41) is 0. The first-order chi connectivity index (χ1) is 12.4. The van der Waals surface area contributed by atoms with Crippen LogP contribution < -0.4 is 4.31 Å². The summed E-state index contributed by atoms with van der Waals surface area (Å²) in [7, 11) is -4.02. The van der Waals surface area contributed by atoms with Gasteiger partial charge in [-0.3, -0.25) is 4.31 Å². The van der Waals surface area contributed by atoms with Gasteiger partial charge in [0.1, 0.15) is 11.6 Å². The Hall–Kier alpha value is -2.73. The number of sulfonamides is 1. The summed E-state index contributed by atoms with van der Waals surface area (Å²) in [4.78, 5) is 0.0978. The Bertz CT molecular complexity index is 1040. The number of hydrogen-bond donors (Lipinski definition) is 0. The number of benzene rings is 3. The predicted octanol–water partition coefficient (Wildman–Crippen LogP) is 4.67. The van der Waals surface area contributed by atoms with Crippen LogP contribution in [0.4, 0.5) is 14.5 Å². The van der Waals surface area contributed by atoms with Crippen LogP contribution in [0, 0.1) is 18.6 Å². The summed E-state index contributed by atoms with van der Waals surface area (Å²) in [6.45, 7) is 1.44. The van der Waals surface area contributed by atoms with E-state index in [0.29, 0.717) is 5.56 Å². The first-order valence-corrected chi connectivity index (χ1v) is 9.41. The quantitative estimate of drug-likeness (QED) is 0.652. The van der Waals surface area contributed by atoms with Gasteiger partial charge in [-0.05, 0) is 42.8 Å². The van der Waals surface area contributed by atoms with Crippen LogP contribution in [0.2, 0.25) is 0 Å². The summed E-state index contributed by atoms with van der Waals surface area (Å²) in [5.74, 6) is -1.09. The lowest BCUT2D eigenvalue weighted by Crippen LogP contribution is -2.31. The normalized spacial score (nSPS) is 11.3. The number of aryl methyl sites for hydroxylation is 1. The lowest BCUT2D eigenvalue weighted by Gasteiger charge is -2.25. The zero-order valence-electron chi connectivity index (χ0n) is 14.1. The Morgan fingerprint density at radius 1 is 0.885 bits per heavy atom. The average molecular weight is 373 g/mol. The molecule has 0 atom stereocenters. The molecule has 26 heavy (non-hydrogen) atoms. The Morgan fingerprint density at radius 2 is 1.58 bits per heavy atom. The molecule has 3 rings (SSSR count). The lowest BCUT2D eigenvalue weighted by molar-refractivity contribution is 0.584. The summed E-state index contributed by atoms with van der Waals surface area (Å²) in [6.07, 6.45) is 0. The van der Waals surface area contributed by atoms with Crippen LogP contribution in [0.25, 0.3) is 0 Å². The number of nitrogens with zero attached hydrogens (tertiary/aromatic N) is 1. The van der Waals surface area contributed by atoms with Gasteiger partial charge >= 0.3 is 0 Å². The fourth-order valence-electron chi connectivity index (χ4n) is 2.69. The van der Waals surface area contributed by atoms with Crippen molar-refractivity contribution in [1.29, 1.82) is 0 Å². The van der Waals surface area contributed by atoms with E-state index in [4.69, 9.17) is 0 Å². The second-order valence-electron chi connectivity index (χ2n) is 5.85. The molecule has 134 valence electrons. The van der Waals surface area contributed by atoms with Gasteiger partial charge in [0.25, 0.3) is 10.0 Å². The minimum Gasteiger partial charge on any atom is -0.262 e. The minimum atomic E-state index is -4.02. The molecule has 0 bridgehead atoms. The molecule has 0 fully saturated rings. The molecule has 0 radical (unpaired) electrons. The van der Waals surface area contributed by atoms with Crippen molar-refractivity contribution in [3.05, 3.63) is 95.6 Å². The molecule has 3 aromatic rings. The van der Waals surface area contributed by atoms with Crippen molar-refractivity contribution >= 4 is 15.7 Å². The standard InChI is InChI=1S/C20H17F2NO2S/c1-15-7-2-5-12-20(15)26(24,25)23(18-10-6-9-17(21)13-18)14-16-8-3-4-11-19(16)22/h2-13H,14H2,1H3. The van der Waals surface area contributed by atoms with E-state index in [9.17, 15) is 17.2 Å². The first-order valence-electron chi connectivity index (χ1n) is 7.97. The van der Waals surface area contributed by atoms with Crippen molar-refractivity contribution in [2.24, 2.45) is 0 Å². The van der Waals surface area contributed by atoms with Gasteiger partial charge in [-0.25, -0.2) is 17.2 Å². The maximum Gasteiger partial charge on any atom is 0.264 e. The van der Waals surface area contributed by atoms with Crippen molar-refractivity contribution in [3.8, 4) is 0 Å². The summed E-state index contributed by atoms with van der Waals surface area (Å²) < 4.78 is 55.4. The van der Waals surface area contributed by atoms with Gasteiger partial charge in [-0.2, -0.15) is 0 Å². The van der Waals surface area contributed by atoms with Crippen LogP contribution in [-0.2, 0) is 16.6 Å². The smallest absolute Gasteiger partial charge is 0.262 e. The van der Waals surface area contributed by atoms with Crippen LogP contribution in [0.5, 0.6) is 0 Å². The fraction of sp³-hybridized carbons (Fsp3) is 0.100. The third-order valence-electron chi connectivity index (χ3n) is 4.03. The van der Waals surface area contributed by atoms with Gasteiger partial charge in [-0.1, -0.05) is 42.5 Å². The molecular formula is C20H17F2NO2S. The van der Waals surface area contributed by atoms with E-state index in [-0.39, 0.29) is 22.7 Å². The molecule has 0 saturated carbocycles. The SMILES string of the molecule is Cc1ccccc1S(=O)(=O)N(Cc1ccccc1F)c1cccc(F)c1. The maximum atomic E-state index is 14.1. The summed E-state index contributed by atoms with van der Waals surface area (Å²) >= 11 is 0. The molecule has 0 amide bonds. The molecule has 0 unspecified atom stereocenters. The van der Waals surface area contributed by atoms with Gasteiger partial charge < -0.3 is 0 Å². The number of hydrogen-bond acceptors (Lipinski definition) is 2. The zero-order valence-corrected chi connectivity index (χ0v) is 14.9. The van der Waals surface area contributed by atoms with Crippen molar-refractivity contribution in [3.63, 3.8) is 0 Å². The fourth-order valence-corrected chi connectivity index (χ4v) is 4.36. The van der Waals surface area contributed by atoms with E-state index in [2.05, 4.69) is 0 Å². The largest absolute Gasteiger partial charge is 0.264 e. The van der Waals surface area contributed by atoms with Gasteiger partial charge in [0, 0.05) is 5.56 Å². The second-order valence-corrected chi connectivity index (χ2v) is 7.68. The van der Waals surface area contributed by atoms with Crippen molar-refractivity contribution in [2.75, 3.05) is 4.31 Å². The van der Waals surface area contributed by atoms with E-state index in [0.717, 1.165) is 10.4 Å². The number of halogens is 2. The Balaban J connectivity index is 2.15. The highest BCUT2D eigenvalue weighted by atomic mass is 32.2. The van der Waals surface area contributed by atoms with Crippen molar-refractivity contribution < 1.29 is 17.2 Å². The highest BCUT2D eigenvalue weighted by Gasteiger charge is 2.27. The maximum absolute atomic E-state index is 14.1. The molecule has 0 aromatic heterocycles. The van der Waals surface area contributed by atoms with Gasteiger partial charge in [0.2, 0.25) is 0 Å². The van der Waals surface area contributed by atoms with Crippen LogP contribution in [0.1, 0.15) is 11.1 Å². The molecule has 0 N–H and O–H groups in total. The van der Waals surface area contributed by atoms with Gasteiger partial charge in [-0.15, -0.1) is 0 Å². The highest BCUT2D eigenvalue weighted by Crippen LogP contribution is 2.28. The van der Waals surface area contributed by atoms with E-state index < -0.39 is 21.7 Å². The minimum absolute atomic E-state index is 0.0978. The molecule has 0 spiro atoms. The predicted molar refractivity (Wildman–Crippen MR) is 97.3 cm³/mol. The zero-order chi connectivity index (χ0) is 18.7. The van der Waals surface area contributed by atoms with Crippen LogP contribution in [-0.4, -0.2) is 8.42 Å². The molecule has 3 nitrogen and oxygen atoms in total. The Kier molecular flexibility index (Phi) is 5.04. The van der Waals surface area contributed by atoms with E-state index in [1.165, 1.54) is 42.5 Å². The highest BCUT2D eigenvalue weighted by molar-refractivity contribution is 7.92. The monoisotopic (exact) mass is 373 g/mol. The third kappa shape index (κ3) is 3.60. The average Bonchev–Trinajstić information content (AvgIpc) is 2.61. The summed E-state index contributed by atoms with van der Waals surface area (Å²) in [5.41, 5.74) is 0.896. The lowest BCUT2D eigenvalue weighted by atomic mass is 10.2. The van der Waals surface area contributed by atoms with Gasteiger partial charge in [0.05, 0.1) is 17.1 Å². The molecule has 0 aliphatic rings. The van der Waals surface area contributed by atoms with E-state index in [1.807, 2.05) is 0 Å². The first kappa shape index (κ1) is 18.1. The molecule has 0 aliphatic heterocycles. The van der Waals surface area contributed by atoms with E-state index >= 15 is 0 Å². The van der Waals surface area contributed by atoms with Crippen molar-refractivity contribution in [2.45, 2.75) is 18.4 Å². The number of rotatable bonds is 5. The topological polar surface area (TPSA) is 37.4 Å². The van der Waals surface area contributed by atoms with Crippen LogP contribution >= 0.6 is 0 Å². The molecule has 0 saturated heterocycles.